The van der Waals surface area contributed by atoms with Crippen LogP contribution >= 0.6 is 0 Å². The average molecular weight is 564 g/mol. The van der Waals surface area contributed by atoms with Crippen LogP contribution in [0.5, 0.6) is 0 Å². The van der Waals surface area contributed by atoms with Gasteiger partial charge in [-0.25, -0.2) is 0 Å². The molecule has 0 aliphatic heterocycles. The van der Waals surface area contributed by atoms with Gasteiger partial charge in [0.25, 0.3) is 0 Å². The minimum Gasteiger partial charge on any atom is -0.310 e. The number of benzene rings is 7. The predicted molar refractivity (Wildman–Crippen MR) is 187 cm³/mol. The van der Waals surface area contributed by atoms with E-state index in [1.807, 2.05) is 0 Å². The molecule has 0 bridgehead atoms. The van der Waals surface area contributed by atoms with Crippen molar-refractivity contribution >= 4 is 27.8 Å². The summed E-state index contributed by atoms with van der Waals surface area (Å²) in [6.45, 7) is 4.67. The van der Waals surface area contributed by atoms with E-state index in [-0.39, 0.29) is 5.41 Å². The maximum Gasteiger partial charge on any atom is 0.0468 e. The zero-order chi connectivity index (χ0) is 29.7. The molecule has 7 aromatic rings. The maximum atomic E-state index is 2.38. The Morgan fingerprint density at radius 1 is 0.386 bits per heavy atom. The Labute approximate surface area is 259 Å². The van der Waals surface area contributed by atoms with Crippen LogP contribution in [0.25, 0.3) is 44.2 Å². The van der Waals surface area contributed by atoms with Crippen LogP contribution in [0.1, 0.15) is 25.0 Å². The van der Waals surface area contributed by atoms with E-state index in [0.717, 1.165) is 17.1 Å². The second-order valence-electron chi connectivity index (χ2n) is 12.2. The minimum absolute atomic E-state index is 0.0211. The van der Waals surface area contributed by atoms with Gasteiger partial charge in [-0.1, -0.05) is 141 Å². The fraction of sp³-hybridized carbons (Fsp3) is 0.0698. The fourth-order valence-corrected chi connectivity index (χ4v) is 7.00. The zero-order valence-corrected chi connectivity index (χ0v) is 25.0. The molecule has 0 heterocycles. The molecule has 0 atom stereocenters. The first-order valence-corrected chi connectivity index (χ1v) is 15.4. The van der Waals surface area contributed by atoms with E-state index in [4.69, 9.17) is 0 Å². The molecule has 0 saturated carbocycles. The van der Waals surface area contributed by atoms with Crippen molar-refractivity contribution < 1.29 is 0 Å². The molecule has 44 heavy (non-hydrogen) atoms. The van der Waals surface area contributed by atoms with E-state index in [2.05, 4.69) is 183 Å². The lowest BCUT2D eigenvalue weighted by Gasteiger charge is -2.27. The van der Waals surface area contributed by atoms with Crippen molar-refractivity contribution in [3.63, 3.8) is 0 Å². The van der Waals surface area contributed by atoms with Gasteiger partial charge in [0.1, 0.15) is 0 Å². The summed E-state index contributed by atoms with van der Waals surface area (Å²) in [5.41, 5.74) is 13.7. The number of hydrogen-bond acceptors (Lipinski definition) is 1. The molecule has 1 aliphatic rings. The van der Waals surface area contributed by atoms with Crippen molar-refractivity contribution in [1.82, 2.24) is 0 Å². The van der Waals surface area contributed by atoms with Gasteiger partial charge in [0, 0.05) is 22.5 Å². The summed E-state index contributed by atoms with van der Waals surface area (Å²) >= 11 is 0. The van der Waals surface area contributed by atoms with Gasteiger partial charge >= 0.3 is 0 Å². The van der Waals surface area contributed by atoms with Crippen molar-refractivity contribution in [2.75, 3.05) is 4.90 Å². The molecule has 8 rings (SSSR count). The number of rotatable bonds is 5. The van der Waals surface area contributed by atoms with Gasteiger partial charge in [0.15, 0.2) is 0 Å². The van der Waals surface area contributed by atoms with Crippen molar-refractivity contribution in [3.8, 4) is 33.4 Å². The van der Waals surface area contributed by atoms with Crippen LogP contribution in [0, 0.1) is 0 Å². The first kappa shape index (κ1) is 26.2. The molecule has 210 valence electrons. The van der Waals surface area contributed by atoms with Crippen LogP contribution in [-0.2, 0) is 5.41 Å². The average Bonchev–Trinajstić information content (AvgIpc) is 3.31. The Hall–Kier alpha value is -5.40. The molecule has 0 N–H and O–H groups in total. The number of anilines is 3. The van der Waals surface area contributed by atoms with Crippen LogP contribution in [0.3, 0.4) is 0 Å². The molecule has 1 heteroatoms. The highest BCUT2D eigenvalue weighted by Gasteiger charge is 2.35. The van der Waals surface area contributed by atoms with Gasteiger partial charge in [0.2, 0.25) is 0 Å². The molecule has 0 amide bonds. The second kappa shape index (κ2) is 10.4. The molecule has 0 spiro atoms. The normalized spacial score (nSPS) is 13.0. The Morgan fingerprint density at radius 2 is 0.932 bits per heavy atom. The van der Waals surface area contributed by atoms with E-state index in [0.29, 0.717) is 0 Å². The lowest BCUT2D eigenvalue weighted by atomic mass is 9.82. The van der Waals surface area contributed by atoms with Crippen LogP contribution in [0.2, 0.25) is 0 Å². The third-order valence-corrected chi connectivity index (χ3v) is 9.28. The van der Waals surface area contributed by atoms with Crippen molar-refractivity contribution in [1.29, 1.82) is 0 Å². The Bertz CT molecular complexity index is 2120. The number of fused-ring (bicyclic) bond motifs is 4. The largest absolute Gasteiger partial charge is 0.310 e. The summed E-state index contributed by atoms with van der Waals surface area (Å²) in [5, 5.41) is 2.53. The van der Waals surface area contributed by atoms with E-state index in [1.54, 1.807) is 0 Å². The summed E-state index contributed by atoms with van der Waals surface area (Å²) in [6, 6.07) is 59.6. The van der Waals surface area contributed by atoms with Crippen LogP contribution < -0.4 is 4.90 Å². The third kappa shape index (κ3) is 4.32. The Morgan fingerprint density at radius 3 is 1.70 bits per heavy atom. The van der Waals surface area contributed by atoms with Crippen LogP contribution in [0.15, 0.2) is 164 Å². The van der Waals surface area contributed by atoms with Crippen LogP contribution in [-0.4, -0.2) is 0 Å². The number of hydrogen-bond donors (Lipinski definition) is 0. The van der Waals surface area contributed by atoms with E-state index >= 15 is 0 Å². The summed E-state index contributed by atoms with van der Waals surface area (Å²) in [5.74, 6) is 0. The lowest BCUT2D eigenvalue weighted by molar-refractivity contribution is 0.660. The van der Waals surface area contributed by atoms with Gasteiger partial charge in [-0.15, -0.1) is 0 Å². The SMILES string of the molecule is CC1(C)c2ccccc2-c2cc(N(c3ccc(-c4ccccc4)cc3)c3ccc(-c4cccc5ccccc45)cc3)ccc21. The van der Waals surface area contributed by atoms with E-state index in [9.17, 15) is 0 Å². The zero-order valence-electron chi connectivity index (χ0n) is 25.0. The van der Waals surface area contributed by atoms with Gasteiger partial charge in [-0.3, -0.25) is 0 Å². The van der Waals surface area contributed by atoms with Gasteiger partial charge < -0.3 is 4.90 Å². The second-order valence-corrected chi connectivity index (χ2v) is 12.2. The standard InChI is InChI=1S/C43H33N/c1-43(2)41-18-9-8-16-39(41)40-29-36(27-28-42(40)43)44(34-23-19-31(20-24-34)30-11-4-3-5-12-30)35-25-21-33(22-26-35)38-17-10-14-32-13-6-7-15-37(32)38/h3-29H,1-2H3. The molecule has 0 radical (unpaired) electrons. The minimum atomic E-state index is -0.0211. The Kier molecular flexibility index (Phi) is 6.20. The highest BCUT2D eigenvalue weighted by molar-refractivity contribution is 5.97. The topological polar surface area (TPSA) is 3.24 Å². The molecular formula is C43H33N. The van der Waals surface area contributed by atoms with E-state index in [1.165, 1.54) is 55.3 Å². The highest BCUT2D eigenvalue weighted by Crippen LogP contribution is 2.50. The van der Waals surface area contributed by atoms with Gasteiger partial charge in [-0.2, -0.15) is 0 Å². The molecule has 1 aliphatic carbocycles. The molecular weight excluding hydrogens is 530 g/mol. The number of nitrogens with zero attached hydrogens (tertiary/aromatic N) is 1. The molecule has 0 aromatic heterocycles. The van der Waals surface area contributed by atoms with Crippen molar-refractivity contribution in [2.45, 2.75) is 19.3 Å². The molecule has 7 aromatic carbocycles. The lowest BCUT2D eigenvalue weighted by Crippen LogP contribution is -2.15. The first-order valence-electron chi connectivity index (χ1n) is 15.4. The third-order valence-electron chi connectivity index (χ3n) is 9.28. The monoisotopic (exact) mass is 563 g/mol. The van der Waals surface area contributed by atoms with Crippen molar-refractivity contribution in [2.24, 2.45) is 0 Å². The van der Waals surface area contributed by atoms with Crippen LogP contribution in [0.4, 0.5) is 17.1 Å². The van der Waals surface area contributed by atoms with Gasteiger partial charge in [0.05, 0.1) is 0 Å². The quantitative estimate of drug-likeness (QED) is 0.201. The maximum absolute atomic E-state index is 2.38. The summed E-state index contributed by atoms with van der Waals surface area (Å²) < 4.78 is 0. The highest BCUT2D eigenvalue weighted by atomic mass is 15.1. The Balaban J connectivity index is 1.25. The fourth-order valence-electron chi connectivity index (χ4n) is 7.00. The summed E-state index contributed by atoms with van der Waals surface area (Å²) in [4.78, 5) is 2.38. The predicted octanol–water partition coefficient (Wildman–Crippen LogP) is 11.9. The summed E-state index contributed by atoms with van der Waals surface area (Å²) in [6.07, 6.45) is 0. The first-order chi connectivity index (χ1) is 21.6. The van der Waals surface area contributed by atoms with Crippen molar-refractivity contribution in [3.05, 3.63) is 175 Å². The smallest absolute Gasteiger partial charge is 0.0468 e. The summed E-state index contributed by atoms with van der Waals surface area (Å²) in [7, 11) is 0. The molecule has 1 nitrogen and oxygen atoms in total. The van der Waals surface area contributed by atoms with E-state index < -0.39 is 0 Å². The molecule has 0 saturated heterocycles. The molecule has 0 fully saturated rings. The molecule has 0 unspecified atom stereocenters. The van der Waals surface area contributed by atoms with Gasteiger partial charge in [-0.05, 0) is 91.7 Å².